The van der Waals surface area contributed by atoms with E-state index in [4.69, 9.17) is 0 Å². The fourth-order valence-electron chi connectivity index (χ4n) is 1.85. The van der Waals surface area contributed by atoms with E-state index in [1.54, 1.807) is 24.3 Å². The summed E-state index contributed by atoms with van der Waals surface area (Å²) in [5.41, 5.74) is 1.65. The summed E-state index contributed by atoms with van der Waals surface area (Å²) in [5, 5.41) is 18.9. The van der Waals surface area contributed by atoms with Crippen LogP contribution in [0.15, 0.2) is 36.4 Å². The molecule has 2 radical (unpaired) electrons. The van der Waals surface area contributed by atoms with E-state index in [1.165, 1.54) is 0 Å². The highest BCUT2D eigenvalue weighted by molar-refractivity contribution is 5.42. The minimum Gasteiger partial charge on any atom is -0.507 e. The Morgan fingerprint density at radius 3 is 1.65 bits per heavy atom. The standard InChI is InChI=1S/C15H14O2/c1-15(2,11-5-3-7-13(16)9-11)12-6-4-8-14(17)10-12/h3-6,9-10,16-17H,1-2H3. The van der Waals surface area contributed by atoms with E-state index in [9.17, 15) is 10.2 Å². The fraction of sp³-hybridized carbons (Fsp3) is 0.200. The molecule has 0 saturated heterocycles. The van der Waals surface area contributed by atoms with E-state index in [2.05, 4.69) is 12.1 Å². The van der Waals surface area contributed by atoms with Gasteiger partial charge < -0.3 is 10.2 Å². The van der Waals surface area contributed by atoms with Gasteiger partial charge in [0.15, 0.2) is 0 Å². The lowest BCUT2D eigenvalue weighted by atomic mass is 9.78. The van der Waals surface area contributed by atoms with Gasteiger partial charge in [-0.1, -0.05) is 38.1 Å². The van der Waals surface area contributed by atoms with Crippen LogP contribution in [0, 0.1) is 12.1 Å². The average molecular weight is 226 g/mol. The van der Waals surface area contributed by atoms with Crippen molar-refractivity contribution in [3.63, 3.8) is 0 Å². The van der Waals surface area contributed by atoms with Gasteiger partial charge in [0.25, 0.3) is 0 Å². The number of benzene rings is 2. The molecule has 0 unspecified atom stereocenters. The molecule has 0 saturated carbocycles. The Kier molecular flexibility index (Phi) is 2.80. The van der Waals surface area contributed by atoms with Gasteiger partial charge in [0, 0.05) is 17.5 Å². The van der Waals surface area contributed by atoms with Crippen molar-refractivity contribution >= 4 is 0 Å². The van der Waals surface area contributed by atoms with Crippen LogP contribution in [0.3, 0.4) is 0 Å². The second-order valence-corrected chi connectivity index (χ2v) is 4.55. The molecule has 0 bridgehead atoms. The third-order valence-electron chi connectivity index (χ3n) is 3.02. The second kappa shape index (κ2) is 4.13. The van der Waals surface area contributed by atoms with Crippen LogP contribution in [0.1, 0.15) is 25.0 Å². The van der Waals surface area contributed by atoms with Crippen LogP contribution in [0.4, 0.5) is 0 Å². The highest BCUT2D eigenvalue weighted by atomic mass is 16.3. The molecule has 0 heterocycles. The monoisotopic (exact) mass is 226 g/mol. The first-order valence-electron chi connectivity index (χ1n) is 5.42. The van der Waals surface area contributed by atoms with Crippen molar-refractivity contribution < 1.29 is 10.2 Å². The molecule has 0 aromatic heterocycles. The third-order valence-corrected chi connectivity index (χ3v) is 3.02. The van der Waals surface area contributed by atoms with E-state index in [-0.39, 0.29) is 16.9 Å². The van der Waals surface area contributed by atoms with Crippen LogP contribution < -0.4 is 0 Å². The van der Waals surface area contributed by atoms with Gasteiger partial charge in [-0.3, -0.25) is 0 Å². The molecule has 0 atom stereocenters. The fourth-order valence-corrected chi connectivity index (χ4v) is 1.85. The smallest absolute Gasteiger partial charge is 0.123 e. The molecule has 0 fully saturated rings. The van der Waals surface area contributed by atoms with Crippen LogP contribution >= 0.6 is 0 Å². The molecule has 17 heavy (non-hydrogen) atoms. The second-order valence-electron chi connectivity index (χ2n) is 4.55. The van der Waals surface area contributed by atoms with Crippen molar-refractivity contribution in [2.24, 2.45) is 0 Å². The van der Waals surface area contributed by atoms with Crippen LogP contribution in [0.25, 0.3) is 0 Å². The van der Waals surface area contributed by atoms with Crippen molar-refractivity contribution in [3.05, 3.63) is 59.7 Å². The molecule has 2 aromatic rings. The Hall–Kier alpha value is -1.96. The van der Waals surface area contributed by atoms with Crippen molar-refractivity contribution in [1.29, 1.82) is 0 Å². The van der Waals surface area contributed by atoms with Gasteiger partial charge in [-0.2, -0.15) is 0 Å². The largest absolute Gasteiger partial charge is 0.507 e. The predicted octanol–water partition coefficient (Wildman–Crippen LogP) is 3.02. The summed E-state index contributed by atoms with van der Waals surface area (Å²) in [4.78, 5) is 0. The third kappa shape index (κ3) is 2.26. The summed E-state index contributed by atoms with van der Waals surface area (Å²) in [5.74, 6) is 0.254. The van der Waals surface area contributed by atoms with E-state index in [0.29, 0.717) is 0 Å². The summed E-state index contributed by atoms with van der Waals surface area (Å²) >= 11 is 0. The first kappa shape index (κ1) is 11.5. The number of phenols is 2. The minimum absolute atomic E-state index is 0.127. The number of hydrogen-bond acceptors (Lipinski definition) is 2. The van der Waals surface area contributed by atoms with Crippen LogP contribution in [-0.2, 0) is 5.41 Å². The molecule has 2 heteroatoms. The summed E-state index contributed by atoms with van der Waals surface area (Å²) in [6, 6.07) is 16.0. The topological polar surface area (TPSA) is 40.5 Å². The van der Waals surface area contributed by atoms with Gasteiger partial charge >= 0.3 is 0 Å². The molecule has 86 valence electrons. The van der Waals surface area contributed by atoms with Crippen molar-refractivity contribution in [2.45, 2.75) is 19.3 Å². The maximum absolute atomic E-state index is 9.47. The van der Waals surface area contributed by atoms with E-state index in [0.717, 1.165) is 11.1 Å². The molecule has 0 amide bonds. The number of rotatable bonds is 2. The van der Waals surface area contributed by atoms with Gasteiger partial charge in [0.1, 0.15) is 11.5 Å². The Balaban J connectivity index is 2.49. The molecule has 0 aliphatic carbocycles. The first-order chi connectivity index (χ1) is 8.00. The van der Waals surface area contributed by atoms with Gasteiger partial charge in [0.05, 0.1) is 0 Å². The number of aromatic hydroxyl groups is 2. The zero-order chi connectivity index (χ0) is 12.5. The molecule has 2 nitrogen and oxygen atoms in total. The summed E-state index contributed by atoms with van der Waals surface area (Å²) in [7, 11) is 0. The Labute approximate surface area is 101 Å². The molecule has 0 aliphatic heterocycles. The van der Waals surface area contributed by atoms with E-state index < -0.39 is 0 Å². The average Bonchev–Trinajstić information content (AvgIpc) is 2.29. The lowest BCUT2D eigenvalue weighted by molar-refractivity contribution is 0.468. The molecule has 0 aliphatic rings. The molecule has 2 rings (SSSR count). The van der Waals surface area contributed by atoms with Gasteiger partial charge in [-0.25, -0.2) is 0 Å². The predicted molar refractivity (Wildman–Crippen MR) is 66.0 cm³/mol. The van der Waals surface area contributed by atoms with Crippen LogP contribution in [-0.4, -0.2) is 10.2 Å². The van der Waals surface area contributed by atoms with Crippen molar-refractivity contribution in [3.8, 4) is 11.5 Å². The minimum atomic E-state index is -0.292. The van der Waals surface area contributed by atoms with Crippen LogP contribution in [0.2, 0.25) is 0 Å². The summed E-state index contributed by atoms with van der Waals surface area (Å²) in [6.45, 7) is 4.08. The van der Waals surface area contributed by atoms with Gasteiger partial charge in [-0.05, 0) is 23.3 Å². The van der Waals surface area contributed by atoms with E-state index >= 15 is 0 Å². The molecular formula is C15H14O2. The normalized spacial score (nSPS) is 11.4. The Morgan fingerprint density at radius 2 is 1.29 bits per heavy atom. The Morgan fingerprint density at radius 1 is 0.882 bits per heavy atom. The Bertz CT molecular complexity index is 482. The number of phenolic OH excluding ortho intramolecular Hbond substituents is 2. The highest BCUT2D eigenvalue weighted by Gasteiger charge is 2.23. The maximum atomic E-state index is 9.47. The lowest BCUT2D eigenvalue weighted by Gasteiger charge is -2.26. The summed E-state index contributed by atoms with van der Waals surface area (Å²) < 4.78 is 0. The SMILES string of the molecule is CC(C)(c1cc[c]c(O)c1)c1cc[c]c(O)c1. The van der Waals surface area contributed by atoms with Crippen LogP contribution in [0.5, 0.6) is 11.5 Å². The van der Waals surface area contributed by atoms with Gasteiger partial charge in [0.2, 0.25) is 0 Å². The zero-order valence-corrected chi connectivity index (χ0v) is 9.86. The summed E-state index contributed by atoms with van der Waals surface area (Å²) in [6.07, 6.45) is 0. The van der Waals surface area contributed by atoms with E-state index in [1.807, 2.05) is 26.0 Å². The molecule has 2 N–H and O–H groups in total. The quantitative estimate of drug-likeness (QED) is 0.826. The molecule has 0 spiro atoms. The highest BCUT2D eigenvalue weighted by Crippen LogP contribution is 2.33. The zero-order valence-electron chi connectivity index (χ0n) is 9.86. The first-order valence-corrected chi connectivity index (χ1v) is 5.42. The molecule has 2 aromatic carbocycles. The number of hydrogen-bond donors (Lipinski definition) is 2. The molecular weight excluding hydrogens is 212 g/mol. The lowest BCUT2D eigenvalue weighted by Crippen LogP contribution is -2.18. The maximum Gasteiger partial charge on any atom is 0.123 e. The van der Waals surface area contributed by atoms with Crippen molar-refractivity contribution in [2.75, 3.05) is 0 Å². The van der Waals surface area contributed by atoms with Gasteiger partial charge in [-0.15, -0.1) is 0 Å². The van der Waals surface area contributed by atoms with Crippen molar-refractivity contribution in [1.82, 2.24) is 0 Å².